The lowest BCUT2D eigenvalue weighted by atomic mass is 10.1. The Morgan fingerprint density at radius 1 is 1.16 bits per heavy atom. The molecule has 0 bridgehead atoms. The predicted molar refractivity (Wildman–Crippen MR) is 85.8 cm³/mol. The first-order chi connectivity index (χ1) is 9.28. The largest absolute Gasteiger partial charge is 0.312 e. The van der Waals surface area contributed by atoms with E-state index in [4.69, 9.17) is 0 Å². The van der Waals surface area contributed by atoms with Crippen LogP contribution >= 0.6 is 11.3 Å². The molecule has 1 aromatic carbocycles. The molecule has 102 valence electrons. The molecule has 2 aromatic rings. The fourth-order valence-corrected chi connectivity index (χ4v) is 3.51. The minimum Gasteiger partial charge on any atom is -0.312 e. The van der Waals surface area contributed by atoms with Crippen molar-refractivity contribution in [2.75, 3.05) is 7.05 Å². The Hall–Kier alpha value is -1.12. The van der Waals surface area contributed by atoms with Crippen molar-refractivity contribution in [3.05, 3.63) is 46.8 Å². The summed E-state index contributed by atoms with van der Waals surface area (Å²) < 4.78 is 0. The van der Waals surface area contributed by atoms with Gasteiger partial charge in [0.05, 0.1) is 0 Å². The lowest BCUT2D eigenvalue weighted by molar-refractivity contribution is 0.550. The summed E-state index contributed by atoms with van der Waals surface area (Å²) in [6, 6.07) is 13.9. The Labute approximate surface area is 120 Å². The Bertz CT molecular complexity index is 515. The average Bonchev–Trinajstić information content (AvgIpc) is 2.94. The molecule has 1 unspecified atom stereocenters. The van der Waals surface area contributed by atoms with E-state index in [-0.39, 0.29) is 0 Å². The quantitative estimate of drug-likeness (QED) is 0.777. The molecule has 0 spiro atoms. The maximum absolute atomic E-state index is 3.42. The summed E-state index contributed by atoms with van der Waals surface area (Å²) in [5.41, 5.74) is 2.76. The van der Waals surface area contributed by atoms with Crippen LogP contribution in [0, 0.1) is 0 Å². The van der Waals surface area contributed by atoms with Crippen molar-refractivity contribution in [2.45, 2.75) is 39.2 Å². The first-order valence-corrected chi connectivity index (χ1v) is 7.96. The zero-order valence-corrected chi connectivity index (χ0v) is 12.9. The lowest BCUT2D eigenvalue weighted by Crippen LogP contribution is -2.14. The van der Waals surface area contributed by atoms with E-state index in [0.717, 1.165) is 6.42 Å². The van der Waals surface area contributed by atoms with Gasteiger partial charge < -0.3 is 5.32 Å². The van der Waals surface area contributed by atoms with Gasteiger partial charge in [-0.05, 0) is 43.1 Å². The van der Waals surface area contributed by atoms with Crippen molar-refractivity contribution in [1.29, 1.82) is 0 Å². The van der Waals surface area contributed by atoms with Crippen molar-refractivity contribution in [1.82, 2.24) is 5.32 Å². The smallest absolute Gasteiger partial charge is 0.0412 e. The van der Waals surface area contributed by atoms with E-state index in [1.807, 2.05) is 11.3 Å². The molecule has 2 heteroatoms. The Morgan fingerprint density at radius 3 is 2.68 bits per heavy atom. The molecule has 0 aliphatic rings. The van der Waals surface area contributed by atoms with Crippen LogP contribution in [0.1, 0.15) is 43.2 Å². The monoisotopic (exact) mass is 273 g/mol. The van der Waals surface area contributed by atoms with Gasteiger partial charge in [-0.25, -0.2) is 0 Å². The van der Waals surface area contributed by atoms with Gasteiger partial charge in [0, 0.05) is 15.8 Å². The molecule has 0 amide bonds. The van der Waals surface area contributed by atoms with Gasteiger partial charge in [-0.3, -0.25) is 0 Å². The Morgan fingerprint density at radius 2 is 2.00 bits per heavy atom. The third-order valence-corrected chi connectivity index (χ3v) is 4.76. The van der Waals surface area contributed by atoms with Gasteiger partial charge in [0.2, 0.25) is 0 Å². The first-order valence-electron chi connectivity index (χ1n) is 7.14. The molecule has 0 fully saturated rings. The minimum atomic E-state index is 0.498. The van der Waals surface area contributed by atoms with Crippen LogP contribution in [0.3, 0.4) is 0 Å². The molecule has 19 heavy (non-hydrogen) atoms. The second-order valence-corrected chi connectivity index (χ2v) is 6.00. The van der Waals surface area contributed by atoms with Gasteiger partial charge in [-0.2, -0.15) is 0 Å². The fraction of sp³-hybridized carbons (Fsp3) is 0.412. The molecular formula is C17H23NS. The molecule has 1 nitrogen and oxygen atoms in total. The third kappa shape index (κ3) is 3.46. The summed E-state index contributed by atoms with van der Waals surface area (Å²) in [6.45, 7) is 4.45. The van der Waals surface area contributed by atoms with Gasteiger partial charge in [0.25, 0.3) is 0 Å². The highest BCUT2D eigenvalue weighted by Gasteiger charge is 2.11. The van der Waals surface area contributed by atoms with Gasteiger partial charge >= 0.3 is 0 Å². The number of hydrogen-bond donors (Lipinski definition) is 1. The second-order valence-electron chi connectivity index (χ2n) is 4.89. The highest BCUT2D eigenvalue weighted by atomic mass is 32.1. The van der Waals surface area contributed by atoms with E-state index in [1.54, 1.807) is 0 Å². The molecule has 0 aliphatic heterocycles. The number of rotatable bonds is 6. The molecule has 0 saturated heterocycles. The molecule has 0 saturated carbocycles. The number of hydrogen-bond acceptors (Lipinski definition) is 2. The van der Waals surface area contributed by atoms with Gasteiger partial charge in [-0.15, -0.1) is 11.3 Å². The van der Waals surface area contributed by atoms with Crippen LogP contribution in [0.5, 0.6) is 0 Å². The van der Waals surface area contributed by atoms with Crippen LogP contribution < -0.4 is 5.32 Å². The standard InChI is InChI=1S/C17H23NS/c1-4-7-15(18-3)17-11-10-16(19-17)14-9-6-8-13(5-2)12-14/h6,8-12,15,18H,4-5,7H2,1-3H3. The van der Waals surface area contributed by atoms with Crippen molar-refractivity contribution >= 4 is 11.3 Å². The van der Waals surface area contributed by atoms with E-state index >= 15 is 0 Å². The van der Waals surface area contributed by atoms with Crippen molar-refractivity contribution in [3.8, 4) is 10.4 Å². The molecule has 2 rings (SSSR count). The Balaban J connectivity index is 2.24. The van der Waals surface area contributed by atoms with Crippen LogP contribution in [0.25, 0.3) is 10.4 Å². The lowest BCUT2D eigenvalue weighted by Gasteiger charge is -2.12. The zero-order chi connectivity index (χ0) is 13.7. The first kappa shape index (κ1) is 14.3. The Kier molecular flexibility index (Phi) is 5.17. The van der Waals surface area contributed by atoms with E-state index in [9.17, 15) is 0 Å². The normalized spacial score (nSPS) is 12.6. The third-order valence-electron chi connectivity index (χ3n) is 3.52. The SMILES string of the molecule is CCCC(NC)c1ccc(-c2cccc(CC)c2)s1. The van der Waals surface area contributed by atoms with Crippen molar-refractivity contribution in [2.24, 2.45) is 0 Å². The van der Waals surface area contributed by atoms with Crippen LogP contribution in [-0.2, 0) is 6.42 Å². The predicted octanol–water partition coefficient (Wildman–Crippen LogP) is 5.04. The molecule has 1 aromatic heterocycles. The molecule has 0 radical (unpaired) electrons. The van der Waals surface area contributed by atoms with Crippen molar-refractivity contribution < 1.29 is 0 Å². The molecule has 1 heterocycles. The fourth-order valence-electron chi connectivity index (χ4n) is 2.36. The highest BCUT2D eigenvalue weighted by Crippen LogP contribution is 2.33. The molecular weight excluding hydrogens is 250 g/mol. The second kappa shape index (κ2) is 6.88. The van der Waals surface area contributed by atoms with Gasteiger partial charge in [0.15, 0.2) is 0 Å². The number of thiophene rings is 1. The zero-order valence-electron chi connectivity index (χ0n) is 12.1. The topological polar surface area (TPSA) is 12.0 Å². The maximum atomic E-state index is 3.42. The number of aryl methyl sites for hydroxylation is 1. The van der Waals surface area contributed by atoms with E-state index < -0.39 is 0 Å². The maximum Gasteiger partial charge on any atom is 0.0412 e. The van der Waals surface area contributed by atoms with Gasteiger partial charge in [-0.1, -0.05) is 44.5 Å². The van der Waals surface area contributed by atoms with E-state index in [2.05, 4.69) is 62.6 Å². The summed E-state index contributed by atoms with van der Waals surface area (Å²) in [5.74, 6) is 0. The summed E-state index contributed by atoms with van der Waals surface area (Å²) in [4.78, 5) is 2.82. The van der Waals surface area contributed by atoms with Crippen molar-refractivity contribution in [3.63, 3.8) is 0 Å². The van der Waals surface area contributed by atoms with Crippen LogP contribution in [0.2, 0.25) is 0 Å². The molecule has 0 aliphatic carbocycles. The summed E-state index contributed by atoms with van der Waals surface area (Å²) in [6.07, 6.45) is 3.51. The highest BCUT2D eigenvalue weighted by molar-refractivity contribution is 7.15. The van der Waals surface area contributed by atoms with E-state index in [1.165, 1.54) is 33.7 Å². The van der Waals surface area contributed by atoms with Crippen LogP contribution in [0.15, 0.2) is 36.4 Å². The van der Waals surface area contributed by atoms with Crippen LogP contribution in [0.4, 0.5) is 0 Å². The molecule has 1 atom stereocenters. The molecule has 1 N–H and O–H groups in total. The number of benzene rings is 1. The van der Waals surface area contributed by atoms with Gasteiger partial charge in [0.1, 0.15) is 0 Å². The van der Waals surface area contributed by atoms with E-state index in [0.29, 0.717) is 6.04 Å². The van der Waals surface area contributed by atoms with Crippen LogP contribution in [-0.4, -0.2) is 7.05 Å². The average molecular weight is 273 g/mol. The summed E-state index contributed by atoms with van der Waals surface area (Å²) >= 11 is 1.92. The number of nitrogens with one attached hydrogen (secondary N) is 1. The summed E-state index contributed by atoms with van der Waals surface area (Å²) in [5, 5.41) is 3.42. The minimum absolute atomic E-state index is 0.498. The summed E-state index contributed by atoms with van der Waals surface area (Å²) in [7, 11) is 2.05.